The lowest BCUT2D eigenvalue weighted by molar-refractivity contribution is -0.118. The van der Waals surface area contributed by atoms with Gasteiger partial charge in [-0.15, -0.1) is 0 Å². The molecule has 3 N–H and O–H groups in total. The van der Waals surface area contributed by atoms with Crippen molar-refractivity contribution in [1.82, 2.24) is 20.6 Å². The number of aryl methyl sites for hydroxylation is 1. The maximum Gasteiger partial charge on any atom is 0.271 e. The maximum atomic E-state index is 12.5. The lowest BCUT2D eigenvalue weighted by Crippen LogP contribution is -2.30. The predicted molar refractivity (Wildman–Crippen MR) is 106 cm³/mol. The molecule has 26 heavy (non-hydrogen) atoms. The molecule has 0 saturated carbocycles. The van der Waals surface area contributed by atoms with Crippen molar-refractivity contribution in [1.29, 1.82) is 0 Å². The van der Waals surface area contributed by atoms with Crippen LogP contribution < -0.4 is 10.6 Å². The van der Waals surface area contributed by atoms with E-state index in [4.69, 9.17) is 0 Å². The number of halogens is 1. The van der Waals surface area contributed by atoms with Crippen molar-refractivity contribution < 1.29 is 9.59 Å². The summed E-state index contributed by atoms with van der Waals surface area (Å²) in [6, 6.07) is 7.54. The highest BCUT2D eigenvalue weighted by Crippen LogP contribution is 2.13. The van der Waals surface area contributed by atoms with Crippen molar-refractivity contribution in [3.8, 4) is 0 Å². The van der Waals surface area contributed by atoms with E-state index in [0.717, 1.165) is 28.6 Å². The van der Waals surface area contributed by atoms with Crippen molar-refractivity contribution in [2.45, 2.75) is 19.8 Å². The van der Waals surface area contributed by atoms with Crippen LogP contribution in [0.3, 0.4) is 0 Å². The fraction of sp³-hybridized carbons (Fsp3) is 0.211. The van der Waals surface area contributed by atoms with Crippen molar-refractivity contribution in [2.24, 2.45) is 0 Å². The third-order valence-corrected chi connectivity index (χ3v) is 4.15. The Bertz CT molecular complexity index is 822. The molecule has 0 radical (unpaired) electrons. The lowest BCUT2D eigenvalue weighted by Gasteiger charge is -2.08. The van der Waals surface area contributed by atoms with Gasteiger partial charge in [0, 0.05) is 17.2 Å². The van der Waals surface area contributed by atoms with Crippen LogP contribution in [0.5, 0.6) is 0 Å². The second-order valence-corrected chi connectivity index (χ2v) is 6.46. The van der Waals surface area contributed by atoms with Crippen LogP contribution >= 0.6 is 15.9 Å². The zero-order valence-corrected chi connectivity index (χ0v) is 16.3. The molecule has 1 amide bonds. The van der Waals surface area contributed by atoms with Crippen molar-refractivity contribution >= 4 is 40.3 Å². The van der Waals surface area contributed by atoms with Crippen LogP contribution in [0.15, 0.2) is 46.5 Å². The van der Waals surface area contributed by atoms with E-state index in [0.29, 0.717) is 17.7 Å². The maximum absolute atomic E-state index is 12.5. The van der Waals surface area contributed by atoms with Crippen molar-refractivity contribution in [2.75, 3.05) is 7.05 Å². The molecule has 0 spiro atoms. The topological polar surface area (TPSA) is 86.9 Å². The number of carbonyl (C=O) groups is 2. The van der Waals surface area contributed by atoms with Crippen LogP contribution in [0.4, 0.5) is 0 Å². The molecule has 0 fully saturated rings. The second kappa shape index (κ2) is 9.72. The molecule has 2 aromatic rings. The number of hydrogen-bond acceptors (Lipinski definition) is 4. The van der Waals surface area contributed by atoms with Gasteiger partial charge >= 0.3 is 0 Å². The highest BCUT2D eigenvalue weighted by atomic mass is 79.9. The van der Waals surface area contributed by atoms with Crippen molar-refractivity contribution in [3.63, 3.8) is 0 Å². The van der Waals surface area contributed by atoms with Crippen LogP contribution in [0.1, 0.15) is 30.3 Å². The molecule has 0 aliphatic rings. The summed E-state index contributed by atoms with van der Waals surface area (Å²) < 4.78 is 0.957. The van der Waals surface area contributed by atoms with Gasteiger partial charge in [0.15, 0.2) is 6.29 Å². The van der Waals surface area contributed by atoms with Crippen LogP contribution in [-0.2, 0) is 16.0 Å². The van der Waals surface area contributed by atoms with Gasteiger partial charge in [0.05, 0.1) is 17.7 Å². The average molecular weight is 417 g/mol. The Morgan fingerprint density at radius 2 is 2.00 bits per heavy atom. The third kappa shape index (κ3) is 5.42. The number of H-pyrrole nitrogens is 1. The fourth-order valence-corrected chi connectivity index (χ4v) is 2.59. The van der Waals surface area contributed by atoms with E-state index in [1.54, 1.807) is 25.5 Å². The zero-order chi connectivity index (χ0) is 18.9. The minimum atomic E-state index is -0.402. The molecule has 136 valence electrons. The van der Waals surface area contributed by atoms with Crippen LogP contribution in [0.2, 0.25) is 0 Å². The Morgan fingerprint density at radius 3 is 2.62 bits per heavy atom. The average Bonchev–Trinajstić information content (AvgIpc) is 3.07. The molecule has 1 heterocycles. The molecule has 2 rings (SSSR count). The van der Waals surface area contributed by atoms with E-state index in [9.17, 15) is 9.59 Å². The highest BCUT2D eigenvalue weighted by Gasteiger charge is 2.11. The van der Waals surface area contributed by atoms with Gasteiger partial charge in [-0.1, -0.05) is 41.4 Å². The summed E-state index contributed by atoms with van der Waals surface area (Å²) in [4.78, 5) is 31.1. The van der Waals surface area contributed by atoms with Gasteiger partial charge < -0.3 is 15.6 Å². The quantitative estimate of drug-likeness (QED) is 0.455. The van der Waals surface area contributed by atoms with E-state index in [-0.39, 0.29) is 5.70 Å². The van der Waals surface area contributed by atoms with Gasteiger partial charge in [-0.2, -0.15) is 0 Å². The number of aromatic amines is 1. The number of aromatic nitrogens is 2. The summed E-state index contributed by atoms with van der Waals surface area (Å²) in [5.74, 6) is -0.402. The summed E-state index contributed by atoms with van der Waals surface area (Å²) in [7, 11) is 1.65. The molecule has 0 bridgehead atoms. The summed E-state index contributed by atoms with van der Waals surface area (Å²) in [6.45, 7) is 2.06. The number of likely N-dealkylation sites (N-methyl/N-ethyl adjacent to an activating group) is 1. The Morgan fingerprint density at radius 1 is 1.27 bits per heavy atom. The minimum absolute atomic E-state index is 0.149. The number of benzene rings is 1. The van der Waals surface area contributed by atoms with Gasteiger partial charge in [-0.3, -0.25) is 9.59 Å². The molecular weight excluding hydrogens is 396 g/mol. The summed E-state index contributed by atoms with van der Waals surface area (Å²) in [5.41, 5.74) is 2.94. The van der Waals surface area contributed by atoms with E-state index in [1.807, 2.05) is 24.3 Å². The van der Waals surface area contributed by atoms with Crippen LogP contribution in [0.25, 0.3) is 12.2 Å². The zero-order valence-electron chi connectivity index (χ0n) is 14.7. The first-order valence-electron chi connectivity index (χ1n) is 8.22. The molecule has 1 aromatic heterocycles. The molecule has 0 atom stereocenters. The predicted octanol–water partition coefficient (Wildman–Crippen LogP) is 3.04. The van der Waals surface area contributed by atoms with Gasteiger partial charge in [0.2, 0.25) is 0 Å². The van der Waals surface area contributed by atoms with Crippen LogP contribution in [0, 0.1) is 0 Å². The summed E-state index contributed by atoms with van der Waals surface area (Å²) in [5, 5.41) is 5.47. The summed E-state index contributed by atoms with van der Waals surface area (Å²) in [6.07, 6.45) is 7.23. The number of amides is 1. The minimum Gasteiger partial charge on any atom is -0.384 e. The number of rotatable bonds is 8. The molecule has 7 heteroatoms. The number of nitrogens with zero attached hydrogens (tertiary/aromatic N) is 1. The Balaban J connectivity index is 2.18. The smallest absolute Gasteiger partial charge is 0.271 e. The Hall–Kier alpha value is -2.67. The molecule has 1 aromatic carbocycles. The van der Waals surface area contributed by atoms with Gasteiger partial charge in [0.1, 0.15) is 5.70 Å². The Kier molecular flexibility index (Phi) is 7.35. The number of allylic oxidation sites excluding steroid dienone is 1. The summed E-state index contributed by atoms with van der Waals surface area (Å²) >= 11 is 3.37. The number of aldehydes is 1. The van der Waals surface area contributed by atoms with E-state index in [1.165, 1.54) is 0 Å². The molecule has 6 nitrogen and oxygen atoms in total. The largest absolute Gasteiger partial charge is 0.384 e. The number of hydrogen-bond donors (Lipinski definition) is 3. The lowest BCUT2D eigenvalue weighted by atomic mass is 10.2. The van der Waals surface area contributed by atoms with Crippen LogP contribution in [-0.4, -0.2) is 29.2 Å². The number of carbonyl (C=O) groups excluding carboxylic acids is 2. The second-order valence-electron chi connectivity index (χ2n) is 5.55. The third-order valence-electron chi connectivity index (χ3n) is 3.62. The normalized spacial score (nSPS) is 12.0. The molecule has 0 saturated heterocycles. The first-order valence-corrected chi connectivity index (χ1v) is 9.02. The first kappa shape index (κ1) is 19.7. The van der Waals surface area contributed by atoms with Crippen molar-refractivity contribution in [3.05, 3.63) is 63.4 Å². The molecular formula is C19H21BrN4O2. The SMILES string of the molecule is CCCc1[nH]cnc1/C=C(/C=O)NC(=O)/C(=C/c1ccc(Br)cc1)NC. The van der Waals surface area contributed by atoms with Gasteiger partial charge in [0.25, 0.3) is 5.91 Å². The van der Waals surface area contributed by atoms with Gasteiger partial charge in [-0.25, -0.2) is 4.98 Å². The van der Waals surface area contributed by atoms with E-state index in [2.05, 4.69) is 43.5 Å². The van der Waals surface area contributed by atoms with E-state index >= 15 is 0 Å². The molecule has 0 aliphatic carbocycles. The number of nitrogens with one attached hydrogen (secondary N) is 3. The van der Waals surface area contributed by atoms with Gasteiger partial charge in [-0.05, 0) is 36.3 Å². The first-order chi connectivity index (χ1) is 12.6. The monoisotopic (exact) mass is 416 g/mol. The standard InChI is InChI=1S/C19H21BrN4O2/c1-3-4-16-17(23-12-22-16)10-15(11-25)24-19(26)18(21-2)9-13-5-7-14(20)8-6-13/h5-12,21H,3-4H2,1-2H3,(H,22,23)(H,24,26)/b15-10-,18-9-. The fourth-order valence-electron chi connectivity index (χ4n) is 2.33. The van der Waals surface area contributed by atoms with E-state index < -0.39 is 5.91 Å². The molecule has 0 unspecified atom stereocenters. The highest BCUT2D eigenvalue weighted by molar-refractivity contribution is 9.10. The molecule has 0 aliphatic heterocycles. The Labute approximate surface area is 160 Å². The number of imidazole rings is 1.